The number of nitrogens with zero attached hydrogens (tertiary/aromatic N) is 1. The molecule has 4 heteroatoms. The number of hydrogen-bond donors (Lipinski definition) is 1. The van der Waals surface area contributed by atoms with Crippen molar-refractivity contribution in [2.75, 3.05) is 24.3 Å². The maximum atomic E-state index is 11.8. The molecule has 2 aliphatic rings. The summed E-state index contributed by atoms with van der Waals surface area (Å²) in [4.78, 5) is 14.2. The van der Waals surface area contributed by atoms with Gasteiger partial charge in [-0.3, -0.25) is 0 Å². The monoisotopic (exact) mass is 274 g/mol. The molecule has 3 rings (SSSR count). The Balaban J connectivity index is 1.88. The van der Waals surface area contributed by atoms with E-state index in [9.17, 15) is 4.79 Å². The standard InChI is InChI=1S/C16H22N2O2/c1-20-16(19)13-10-12(6-7-14(13)17)18-9-8-11-4-2-3-5-15(11)18/h6-7,10-11,15H,2-5,8-9,17H2,1H3. The molecule has 0 bridgehead atoms. The first-order valence-electron chi connectivity index (χ1n) is 7.45. The van der Waals surface area contributed by atoms with Crippen LogP contribution in [0, 0.1) is 5.92 Å². The minimum Gasteiger partial charge on any atom is -0.465 e. The van der Waals surface area contributed by atoms with Crippen LogP contribution in [-0.4, -0.2) is 25.7 Å². The SMILES string of the molecule is COC(=O)c1cc(N2CCC3CCCCC32)ccc1N. The predicted molar refractivity (Wildman–Crippen MR) is 79.9 cm³/mol. The third-order valence-electron chi connectivity index (χ3n) is 4.78. The van der Waals surface area contributed by atoms with Crippen molar-refractivity contribution < 1.29 is 9.53 Å². The van der Waals surface area contributed by atoms with Crippen molar-refractivity contribution in [3.8, 4) is 0 Å². The van der Waals surface area contributed by atoms with E-state index in [2.05, 4.69) is 4.90 Å². The fraction of sp³-hybridized carbons (Fsp3) is 0.562. The first-order valence-corrected chi connectivity index (χ1v) is 7.45. The smallest absolute Gasteiger partial charge is 0.340 e. The predicted octanol–water partition coefficient (Wildman–Crippen LogP) is 2.82. The van der Waals surface area contributed by atoms with Gasteiger partial charge in [0.05, 0.1) is 12.7 Å². The number of fused-ring (bicyclic) bond motifs is 1. The Hall–Kier alpha value is -1.71. The highest BCUT2D eigenvalue weighted by atomic mass is 16.5. The molecule has 1 aromatic rings. The second-order valence-electron chi connectivity index (χ2n) is 5.86. The van der Waals surface area contributed by atoms with Crippen molar-refractivity contribution in [3.63, 3.8) is 0 Å². The van der Waals surface area contributed by atoms with Gasteiger partial charge in [-0.2, -0.15) is 0 Å². The Labute approximate surface area is 119 Å². The first kappa shape index (κ1) is 13.3. The van der Waals surface area contributed by atoms with Crippen molar-refractivity contribution in [1.29, 1.82) is 0 Å². The van der Waals surface area contributed by atoms with E-state index in [1.54, 1.807) is 0 Å². The minimum absolute atomic E-state index is 0.358. The van der Waals surface area contributed by atoms with Crippen molar-refractivity contribution >= 4 is 17.3 Å². The number of rotatable bonds is 2. The summed E-state index contributed by atoms with van der Waals surface area (Å²) in [6, 6.07) is 6.37. The van der Waals surface area contributed by atoms with Crippen LogP contribution in [0.25, 0.3) is 0 Å². The largest absolute Gasteiger partial charge is 0.465 e. The lowest BCUT2D eigenvalue weighted by molar-refractivity contribution is 0.0602. The molecule has 0 amide bonds. The number of carbonyl (C=O) groups is 1. The van der Waals surface area contributed by atoms with Crippen LogP contribution in [0.4, 0.5) is 11.4 Å². The molecule has 0 radical (unpaired) electrons. The first-order chi connectivity index (χ1) is 9.70. The molecule has 2 fully saturated rings. The van der Waals surface area contributed by atoms with Gasteiger partial charge in [-0.15, -0.1) is 0 Å². The Bertz CT molecular complexity index is 515. The third kappa shape index (κ3) is 2.23. The van der Waals surface area contributed by atoms with Gasteiger partial charge in [-0.25, -0.2) is 4.79 Å². The number of hydrogen-bond acceptors (Lipinski definition) is 4. The second kappa shape index (κ2) is 5.35. The van der Waals surface area contributed by atoms with Gasteiger partial charge >= 0.3 is 5.97 Å². The van der Waals surface area contributed by atoms with Crippen LogP contribution in [-0.2, 0) is 4.74 Å². The van der Waals surface area contributed by atoms with Gasteiger partial charge in [-0.05, 0) is 43.4 Å². The van der Waals surface area contributed by atoms with Crippen LogP contribution >= 0.6 is 0 Å². The number of carbonyl (C=O) groups excluding carboxylic acids is 1. The Morgan fingerprint density at radius 3 is 2.90 bits per heavy atom. The summed E-state index contributed by atoms with van der Waals surface area (Å²) in [5.41, 5.74) is 7.94. The molecule has 2 unspecified atom stereocenters. The molecule has 1 saturated carbocycles. The average molecular weight is 274 g/mol. The molecule has 2 atom stereocenters. The lowest BCUT2D eigenvalue weighted by atomic mass is 9.85. The summed E-state index contributed by atoms with van der Waals surface area (Å²) in [7, 11) is 1.39. The van der Waals surface area contributed by atoms with Crippen LogP contribution in [0.2, 0.25) is 0 Å². The van der Waals surface area contributed by atoms with Crippen LogP contribution in [0.3, 0.4) is 0 Å². The van der Waals surface area contributed by atoms with Crippen LogP contribution < -0.4 is 10.6 Å². The second-order valence-corrected chi connectivity index (χ2v) is 5.86. The lowest BCUT2D eigenvalue weighted by Crippen LogP contribution is -2.34. The average Bonchev–Trinajstić information content (AvgIpc) is 2.91. The fourth-order valence-corrected chi connectivity index (χ4v) is 3.74. The molecule has 1 heterocycles. The van der Waals surface area contributed by atoms with Gasteiger partial charge in [0.15, 0.2) is 0 Å². The summed E-state index contributed by atoms with van der Waals surface area (Å²) >= 11 is 0. The van der Waals surface area contributed by atoms with Crippen molar-refractivity contribution in [2.24, 2.45) is 5.92 Å². The molecule has 1 aliphatic heterocycles. The van der Waals surface area contributed by atoms with Gasteiger partial charge in [0.25, 0.3) is 0 Å². The molecule has 2 N–H and O–H groups in total. The zero-order valence-electron chi connectivity index (χ0n) is 12.0. The van der Waals surface area contributed by atoms with E-state index in [4.69, 9.17) is 10.5 Å². The van der Waals surface area contributed by atoms with Crippen LogP contribution in [0.15, 0.2) is 18.2 Å². The summed E-state index contributed by atoms with van der Waals surface area (Å²) < 4.78 is 4.80. The van der Waals surface area contributed by atoms with E-state index in [1.807, 2.05) is 18.2 Å². The van der Waals surface area contributed by atoms with E-state index in [0.29, 0.717) is 17.3 Å². The number of nitrogen functional groups attached to an aromatic ring is 1. The molecule has 1 aliphatic carbocycles. The van der Waals surface area contributed by atoms with Crippen LogP contribution in [0.5, 0.6) is 0 Å². The van der Waals surface area contributed by atoms with E-state index < -0.39 is 0 Å². The number of ether oxygens (including phenoxy) is 1. The number of anilines is 2. The summed E-state index contributed by atoms with van der Waals surface area (Å²) in [5, 5.41) is 0. The highest BCUT2D eigenvalue weighted by molar-refractivity contribution is 5.96. The number of esters is 1. The zero-order valence-corrected chi connectivity index (χ0v) is 12.0. The topological polar surface area (TPSA) is 55.6 Å². The highest BCUT2D eigenvalue weighted by Crippen LogP contribution is 2.39. The zero-order chi connectivity index (χ0) is 14.1. The van der Waals surface area contributed by atoms with Gasteiger partial charge in [0.1, 0.15) is 0 Å². The molecule has 4 nitrogen and oxygen atoms in total. The Morgan fingerprint density at radius 1 is 1.30 bits per heavy atom. The normalized spacial score (nSPS) is 25.4. The van der Waals surface area contributed by atoms with Gasteiger partial charge in [0.2, 0.25) is 0 Å². The fourth-order valence-electron chi connectivity index (χ4n) is 3.74. The quantitative estimate of drug-likeness (QED) is 0.665. The lowest BCUT2D eigenvalue weighted by Gasteiger charge is -2.33. The van der Waals surface area contributed by atoms with Gasteiger partial charge < -0.3 is 15.4 Å². The van der Waals surface area contributed by atoms with E-state index in [1.165, 1.54) is 39.2 Å². The molecule has 1 saturated heterocycles. The number of benzene rings is 1. The maximum absolute atomic E-state index is 11.8. The molecule has 108 valence electrons. The van der Waals surface area contributed by atoms with Crippen molar-refractivity contribution in [2.45, 2.75) is 38.1 Å². The van der Waals surface area contributed by atoms with Crippen molar-refractivity contribution in [3.05, 3.63) is 23.8 Å². The molecule has 1 aromatic carbocycles. The molecule has 0 aromatic heterocycles. The minimum atomic E-state index is -0.358. The van der Waals surface area contributed by atoms with E-state index in [-0.39, 0.29) is 5.97 Å². The molecule has 20 heavy (non-hydrogen) atoms. The van der Waals surface area contributed by atoms with Gasteiger partial charge in [-0.1, -0.05) is 12.8 Å². The van der Waals surface area contributed by atoms with Gasteiger partial charge in [0, 0.05) is 24.0 Å². The van der Waals surface area contributed by atoms with E-state index >= 15 is 0 Å². The maximum Gasteiger partial charge on any atom is 0.340 e. The molecular weight excluding hydrogens is 252 g/mol. The van der Waals surface area contributed by atoms with Crippen molar-refractivity contribution in [1.82, 2.24) is 0 Å². The summed E-state index contributed by atoms with van der Waals surface area (Å²) in [6.45, 7) is 1.08. The van der Waals surface area contributed by atoms with E-state index in [0.717, 1.165) is 18.2 Å². The number of methoxy groups -OCH3 is 1. The summed E-state index contributed by atoms with van der Waals surface area (Å²) in [6.07, 6.45) is 6.56. The Morgan fingerprint density at radius 2 is 2.10 bits per heavy atom. The highest BCUT2D eigenvalue weighted by Gasteiger charge is 2.35. The summed E-state index contributed by atoms with van der Waals surface area (Å²) in [5.74, 6) is 0.464. The van der Waals surface area contributed by atoms with Crippen LogP contribution in [0.1, 0.15) is 42.5 Å². The third-order valence-corrected chi connectivity index (χ3v) is 4.78. The Kier molecular flexibility index (Phi) is 3.55. The molecular formula is C16H22N2O2. The number of nitrogens with two attached hydrogens (primary N) is 1. The molecule has 0 spiro atoms.